The topological polar surface area (TPSA) is 57.4 Å². The van der Waals surface area contributed by atoms with Gasteiger partial charge in [0, 0.05) is 44.0 Å². The molecule has 14 heteroatoms. The number of benzene rings is 4. The Hall–Kier alpha value is -6.70. The van der Waals surface area contributed by atoms with Gasteiger partial charge in [-0.25, -0.2) is 53.9 Å². The second-order valence-corrected chi connectivity index (χ2v) is 12.4. The number of fused-ring (bicyclic) bond motifs is 12. The molecular weight excluding hydrogens is 726 g/mol. The van der Waals surface area contributed by atoms with E-state index in [1.807, 2.05) is 36.4 Å². The van der Waals surface area contributed by atoms with Gasteiger partial charge >= 0.3 is 0 Å². The molecule has 8 bridgehead atoms. The van der Waals surface area contributed by atoms with Crippen LogP contribution in [0.2, 0.25) is 0 Å². The van der Waals surface area contributed by atoms with Crippen LogP contribution in [-0.2, 0) is 0 Å². The van der Waals surface area contributed by atoms with E-state index in [2.05, 4.69) is 19.9 Å². The van der Waals surface area contributed by atoms with Crippen molar-refractivity contribution in [3.8, 4) is 22.3 Å². The maximum absolute atomic E-state index is 15.5. The summed E-state index contributed by atoms with van der Waals surface area (Å²) in [6, 6.07) is 16.6. The van der Waals surface area contributed by atoms with Crippen molar-refractivity contribution >= 4 is 67.9 Å². The van der Waals surface area contributed by atoms with Crippen LogP contribution in [0.3, 0.4) is 0 Å². The number of nitrogens with one attached hydrogen (secondary N) is 2. The molecule has 2 aliphatic heterocycles. The largest absolute Gasteiger partial charge is 0.354 e. The molecule has 0 saturated carbocycles. The summed E-state index contributed by atoms with van der Waals surface area (Å²) < 4.78 is 149. The van der Waals surface area contributed by atoms with Crippen molar-refractivity contribution in [1.29, 1.82) is 0 Å². The quantitative estimate of drug-likeness (QED) is 0.105. The maximum Gasteiger partial charge on any atom is 0.200 e. The van der Waals surface area contributed by atoms with Crippen molar-refractivity contribution in [3.63, 3.8) is 0 Å². The first kappa shape index (κ1) is 33.2. The smallest absolute Gasteiger partial charge is 0.200 e. The fourth-order valence-electron chi connectivity index (χ4n) is 6.82. The van der Waals surface area contributed by atoms with Crippen LogP contribution >= 0.6 is 0 Å². The lowest BCUT2D eigenvalue weighted by molar-refractivity contribution is 0.381. The number of halogens is 10. The molecule has 0 atom stereocenters. The van der Waals surface area contributed by atoms with Gasteiger partial charge in [-0.05, 0) is 71.5 Å². The van der Waals surface area contributed by atoms with Crippen molar-refractivity contribution < 1.29 is 43.9 Å². The van der Waals surface area contributed by atoms with Gasteiger partial charge in [-0.1, -0.05) is 24.3 Å². The number of aromatic amines is 2. The number of hydrogen-bond donors (Lipinski definition) is 2. The minimum absolute atomic E-state index is 0.190. The average Bonchev–Trinajstić information content (AvgIpc) is 4.00. The summed E-state index contributed by atoms with van der Waals surface area (Å²) in [5.41, 5.74) is -4.17. The molecule has 2 aliphatic rings. The van der Waals surface area contributed by atoms with Crippen LogP contribution in [0.5, 0.6) is 0 Å². The number of aromatic nitrogens is 4. The van der Waals surface area contributed by atoms with E-state index >= 15 is 17.6 Å². The third kappa shape index (κ3) is 4.86. The third-order valence-electron chi connectivity index (χ3n) is 9.30. The first-order chi connectivity index (χ1) is 25.9. The minimum atomic E-state index is -2.42. The van der Waals surface area contributed by atoms with Crippen LogP contribution in [0.25, 0.3) is 90.2 Å². The van der Waals surface area contributed by atoms with Gasteiger partial charge in [0.05, 0.1) is 33.9 Å². The van der Waals surface area contributed by atoms with E-state index in [1.165, 1.54) is 24.3 Å². The Morgan fingerprint density at radius 3 is 1.09 bits per heavy atom. The zero-order valence-corrected chi connectivity index (χ0v) is 26.8. The highest BCUT2D eigenvalue weighted by atomic mass is 19.2. The molecule has 4 aromatic carbocycles. The molecule has 4 nitrogen and oxygen atoms in total. The lowest BCUT2D eigenvalue weighted by Gasteiger charge is -2.11. The third-order valence-corrected chi connectivity index (χ3v) is 9.30. The minimum Gasteiger partial charge on any atom is -0.354 e. The summed E-state index contributed by atoms with van der Waals surface area (Å²) in [5.74, 6) is -22.7. The van der Waals surface area contributed by atoms with Gasteiger partial charge in [-0.2, -0.15) is 0 Å². The van der Waals surface area contributed by atoms with Gasteiger partial charge in [0.25, 0.3) is 0 Å². The number of nitrogens with zero attached hydrogens (tertiary/aromatic N) is 2. The van der Waals surface area contributed by atoms with Crippen molar-refractivity contribution in [2.24, 2.45) is 0 Å². The van der Waals surface area contributed by atoms with E-state index in [9.17, 15) is 26.3 Å². The molecule has 266 valence electrons. The monoisotopic (exact) mass is 742 g/mol. The average molecular weight is 743 g/mol. The van der Waals surface area contributed by atoms with Crippen LogP contribution in [0.4, 0.5) is 43.9 Å². The Morgan fingerprint density at radius 2 is 0.704 bits per heavy atom. The van der Waals surface area contributed by atoms with Crippen LogP contribution in [0, 0.1) is 58.2 Å². The van der Waals surface area contributed by atoms with Crippen LogP contribution in [0.15, 0.2) is 60.7 Å². The van der Waals surface area contributed by atoms with Crippen LogP contribution < -0.4 is 0 Å². The Kier molecular flexibility index (Phi) is 7.32. The van der Waals surface area contributed by atoms with Crippen molar-refractivity contribution in [2.75, 3.05) is 0 Å². The summed E-state index contributed by atoms with van der Waals surface area (Å²) in [6.45, 7) is 0. The molecular formula is C40H16F10N4. The number of H-pyrrole nitrogens is 2. The van der Waals surface area contributed by atoms with Crippen molar-refractivity contribution in [3.05, 3.63) is 142 Å². The van der Waals surface area contributed by atoms with E-state index in [0.29, 0.717) is 21.8 Å². The molecule has 0 radical (unpaired) electrons. The predicted molar refractivity (Wildman–Crippen MR) is 184 cm³/mol. The Bertz CT molecular complexity index is 2810. The first-order valence-corrected chi connectivity index (χ1v) is 15.9. The molecule has 54 heavy (non-hydrogen) atoms. The number of rotatable bonds is 2. The Labute approximate surface area is 295 Å². The van der Waals surface area contributed by atoms with Gasteiger partial charge in [-0.15, -0.1) is 0 Å². The lowest BCUT2D eigenvalue weighted by atomic mass is 10.0. The molecule has 5 heterocycles. The van der Waals surface area contributed by atoms with E-state index in [-0.39, 0.29) is 22.8 Å². The molecule has 9 rings (SSSR count). The second-order valence-electron chi connectivity index (χ2n) is 12.4. The molecule has 0 amide bonds. The highest BCUT2D eigenvalue weighted by Crippen LogP contribution is 2.40. The van der Waals surface area contributed by atoms with Crippen LogP contribution in [-0.4, -0.2) is 19.9 Å². The van der Waals surface area contributed by atoms with Gasteiger partial charge < -0.3 is 9.97 Å². The molecule has 0 fully saturated rings. The Balaban J connectivity index is 1.51. The van der Waals surface area contributed by atoms with Gasteiger partial charge in [-0.3, -0.25) is 0 Å². The van der Waals surface area contributed by atoms with E-state index < -0.39 is 91.5 Å². The van der Waals surface area contributed by atoms with Gasteiger partial charge in [0.15, 0.2) is 46.5 Å². The van der Waals surface area contributed by atoms with Crippen molar-refractivity contribution in [1.82, 2.24) is 19.9 Å². The summed E-state index contributed by atoms with van der Waals surface area (Å²) in [7, 11) is 0. The summed E-state index contributed by atoms with van der Waals surface area (Å²) in [4.78, 5) is 14.8. The highest BCUT2D eigenvalue weighted by molar-refractivity contribution is 6.13. The summed E-state index contributed by atoms with van der Waals surface area (Å²) in [5, 5.41) is 3.11. The molecule has 0 spiro atoms. The molecule has 0 unspecified atom stereocenters. The van der Waals surface area contributed by atoms with E-state index in [4.69, 9.17) is 0 Å². The zero-order valence-electron chi connectivity index (χ0n) is 26.8. The zero-order chi connectivity index (χ0) is 37.7. The molecule has 0 saturated heterocycles. The summed E-state index contributed by atoms with van der Waals surface area (Å²) in [6.07, 6.45) is 5.37. The lowest BCUT2D eigenvalue weighted by Crippen LogP contribution is -2.05. The second kappa shape index (κ2) is 11.9. The molecule has 2 N–H and O–H groups in total. The fourth-order valence-corrected chi connectivity index (χ4v) is 6.82. The fraction of sp³-hybridized carbons (Fsp3) is 0. The molecule has 0 aliphatic carbocycles. The Morgan fingerprint density at radius 1 is 0.352 bits per heavy atom. The van der Waals surface area contributed by atoms with Gasteiger partial charge in [0.2, 0.25) is 11.6 Å². The number of hydrogen-bond acceptors (Lipinski definition) is 2. The predicted octanol–water partition coefficient (Wildman–Crippen LogP) is 11.7. The van der Waals surface area contributed by atoms with Gasteiger partial charge in [0.1, 0.15) is 0 Å². The van der Waals surface area contributed by atoms with Crippen LogP contribution in [0.1, 0.15) is 22.8 Å². The normalized spacial score (nSPS) is 12.5. The standard InChI is InChI=1S/C40H16F10N4/c41-31-29(32(42)36(46)39(49)35(31)45)27-21-7-5-17(51-21)13-25-19-11-15-3-1-2-4-16(15)12-20(19)26(54-25)14-18-6-8-22(52-18)28(24-10-9-23(27)53-24)30-33(43)37(47)40(50)38(48)34(30)44/h1-14,53-54H. The molecule has 7 aromatic rings. The molecule has 3 aromatic heterocycles. The maximum atomic E-state index is 15.5. The van der Waals surface area contributed by atoms with E-state index in [1.54, 1.807) is 12.1 Å². The summed E-state index contributed by atoms with van der Waals surface area (Å²) >= 11 is 0. The highest BCUT2D eigenvalue weighted by Gasteiger charge is 2.31. The van der Waals surface area contributed by atoms with E-state index in [0.717, 1.165) is 22.9 Å². The first-order valence-electron chi connectivity index (χ1n) is 15.9. The SMILES string of the molecule is Fc1c(F)c(F)c(-c2c3nc(cc4[nH]c(cc5nc(c(-c6c(F)c(F)c(F)c(F)c6F)c6ccc2[nH]6)C=C5)c2cc5ccccc5cc42)C=C3)c(F)c1F. The van der Waals surface area contributed by atoms with Crippen molar-refractivity contribution in [2.45, 2.75) is 0 Å².